The van der Waals surface area contributed by atoms with Gasteiger partial charge < -0.3 is 19.1 Å². The average molecular weight is 295 g/mol. The second-order valence-electron chi connectivity index (χ2n) is 5.24. The quantitative estimate of drug-likeness (QED) is 0.835. The zero-order valence-corrected chi connectivity index (χ0v) is 11.9. The van der Waals surface area contributed by atoms with E-state index in [2.05, 4.69) is 0 Å². The Morgan fingerprint density at radius 3 is 2.57 bits per heavy atom. The largest absolute Gasteiger partial charge is 0.496 e. The fourth-order valence-corrected chi connectivity index (χ4v) is 2.85. The molecule has 2 saturated heterocycles. The number of nitrogens with zero attached hydrogens (tertiary/aromatic N) is 1. The average Bonchev–Trinajstić information content (AvgIpc) is 2.95. The second kappa shape index (κ2) is 5.61. The number of halogens is 1. The summed E-state index contributed by atoms with van der Waals surface area (Å²) in [5.41, 5.74) is 0.252. The molecule has 21 heavy (non-hydrogen) atoms. The van der Waals surface area contributed by atoms with Gasteiger partial charge in [-0.05, 0) is 18.2 Å². The molecule has 2 fully saturated rings. The number of carbonyl (C=O) groups is 1. The van der Waals surface area contributed by atoms with E-state index < -0.39 is 11.6 Å². The van der Waals surface area contributed by atoms with Crippen LogP contribution in [0.4, 0.5) is 4.39 Å². The highest BCUT2D eigenvalue weighted by Crippen LogP contribution is 2.32. The third-order valence-electron chi connectivity index (χ3n) is 4.02. The van der Waals surface area contributed by atoms with E-state index >= 15 is 0 Å². The van der Waals surface area contributed by atoms with Crippen LogP contribution in [0.5, 0.6) is 5.75 Å². The second-order valence-corrected chi connectivity index (χ2v) is 5.24. The molecule has 0 atom stereocenters. The minimum absolute atomic E-state index is 0.223. The summed E-state index contributed by atoms with van der Waals surface area (Å²) in [7, 11) is 1.47. The lowest BCUT2D eigenvalue weighted by molar-refractivity contribution is -0.181. The maximum atomic E-state index is 13.4. The Kier molecular flexibility index (Phi) is 3.82. The lowest BCUT2D eigenvalue weighted by atomic mass is 10.0. The summed E-state index contributed by atoms with van der Waals surface area (Å²) in [6.45, 7) is 2.26. The summed E-state index contributed by atoms with van der Waals surface area (Å²) in [6, 6.07) is 3.96. The molecule has 0 N–H and O–H groups in total. The summed E-state index contributed by atoms with van der Waals surface area (Å²) < 4.78 is 29.8. The number of benzene rings is 1. The first-order chi connectivity index (χ1) is 10.1. The number of hydrogen-bond acceptors (Lipinski definition) is 4. The van der Waals surface area contributed by atoms with Crippen molar-refractivity contribution in [2.75, 3.05) is 33.4 Å². The Labute approximate surface area is 122 Å². The van der Waals surface area contributed by atoms with E-state index in [1.54, 1.807) is 4.90 Å². The van der Waals surface area contributed by atoms with Gasteiger partial charge in [0, 0.05) is 25.9 Å². The minimum atomic E-state index is -0.525. The first-order valence-corrected chi connectivity index (χ1v) is 7.04. The van der Waals surface area contributed by atoms with Crippen molar-refractivity contribution in [3.05, 3.63) is 29.6 Å². The van der Waals surface area contributed by atoms with Crippen LogP contribution in [0.3, 0.4) is 0 Å². The minimum Gasteiger partial charge on any atom is -0.496 e. The first-order valence-electron chi connectivity index (χ1n) is 7.04. The topological polar surface area (TPSA) is 48.0 Å². The van der Waals surface area contributed by atoms with Gasteiger partial charge in [-0.25, -0.2) is 4.39 Å². The van der Waals surface area contributed by atoms with E-state index in [-0.39, 0.29) is 11.5 Å². The number of hydrogen-bond donors (Lipinski definition) is 0. The zero-order valence-electron chi connectivity index (χ0n) is 11.9. The molecular formula is C15H18FNO4. The molecule has 1 spiro atoms. The van der Waals surface area contributed by atoms with E-state index in [9.17, 15) is 9.18 Å². The van der Waals surface area contributed by atoms with Crippen LogP contribution < -0.4 is 4.74 Å². The third-order valence-corrected chi connectivity index (χ3v) is 4.02. The summed E-state index contributed by atoms with van der Waals surface area (Å²) in [5, 5.41) is 0. The predicted molar refractivity (Wildman–Crippen MR) is 72.7 cm³/mol. The molecule has 0 aliphatic carbocycles. The summed E-state index contributed by atoms with van der Waals surface area (Å²) in [5.74, 6) is -0.813. The van der Waals surface area contributed by atoms with Gasteiger partial charge >= 0.3 is 0 Å². The van der Waals surface area contributed by atoms with E-state index in [0.717, 1.165) is 0 Å². The van der Waals surface area contributed by atoms with Crippen molar-refractivity contribution in [2.45, 2.75) is 18.6 Å². The van der Waals surface area contributed by atoms with E-state index in [1.165, 1.54) is 25.3 Å². The zero-order chi connectivity index (χ0) is 14.9. The van der Waals surface area contributed by atoms with Crippen molar-refractivity contribution in [1.29, 1.82) is 0 Å². The fraction of sp³-hybridized carbons (Fsp3) is 0.533. The Hall–Kier alpha value is -1.66. The molecule has 5 nitrogen and oxygen atoms in total. The molecule has 0 bridgehead atoms. The van der Waals surface area contributed by atoms with Gasteiger partial charge in [0.15, 0.2) is 5.79 Å². The van der Waals surface area contributed by atoms with Gasteiger partial charge in [-0.1, -0.05) is 0 Å². The number of carbonyl (C=O) groups excluding carboxylic acids is 1. The van der Waals surface area contributed by atoms with E-state index in [0.29, 0.717) is 44.9 Å². The predicted octanol–water partition coefficient (Wildman–Crippen LogP) is 1.81. The first kappa shape index (κ1) is 14.3. The summed E-state index contributed by atoms with van der Waals surface area (Å²) in [6.07, 6.45) is 1.27. The Bertz CT molecular complexity index is 532. The fourth-order valence-electron chi connectivity index (χ4n) is 2.85. The molecule has 3 rings (SSSR count). The molecule has 1 amide bonds. The Morgan fingerprint density at radius 1 is 1.29 bits per heavy atom. The van der Waals surface area contributed by atoms with Crippen LogP contribution in [-0.4, -0.2) is 50.0 Å². The highest BCUT2D eigenvalue weighted by Gasteiger charge is 2.41. The van der Waals surface area contributed by atoms with Crippen LogP contribution in [0, 0.1) is 5.82 Å². The van der Waals surface area contributed by atoms with Gasteiger partial charge in [-0.2, -0.15) is 0 Å². The Morgan fingerprint density at radius 2 is 1.95 bits per heavy atom. The molecule has 114 valence electrons. The molecule has 0 unspecified atom stereocenters. The molecular weight excluding hydrogens is 277 g/mol. The van der Waals surface area contributed by atoms with Gasteiger partial charge in [0.1, 0.15) is 11.6 Å². The molecule has 6 heteroatoms. The van der Waals surface area contributed by atoms with Crippen LogP contribution in [0.25, 0.3) is 0 Å². The van der Waals surface area contributed by atoms with Crippen molar-refractivity contribution < 1.29 is 23.4 Å². The van der Waals surface area contributed by atoms with Gasteiger partial charge in [-0.15, -0.1) is 0 Å². The monoisotopic (exact) mass is 295 g/mol. The number of likely N-dealkylation sites (tertiary alicyclic amines) is 1. The maximum Gasteiger partial charge on any atom is 0.257 e. The maximum absolute atomic E-state index is 13.4. The van der Waals surface area contributed by atoms with Gasteiger partial charge in [-0.3, -0.25) is 4.79 Å². The van der Waals surface area contributed by atoms with Gasteiger partial charge in [0.05, 0.1) is 25.9 Å². The normalized spacial score (nSPS) is 20.8. The third kappa shape index (κ3) is 2.73. The molecule has 2 aliphatic rings. The summed E-state index contributed by atoms with van der Waals surface area (Å²) in [4.78, 5) is 14.2. The van der Waals surface area contributed by atoms with Gasteiger partial charge in [0.2, 0.25) is 0 Å². The highest BCUT2D eigenvalue weighted by atomic mass is 19.1. The van der Waals surface area contributed by atoms with Crippen molar-refractivity contribution in [3.63, 3.8) is 0 Å². The van der Waals surface area contributed by atoms with Gasteiger partial charge in [0.25, 0.3) is 5.91 Å². The van der Waals surface area contributed by atoms with Crippen LogP contribution in [-0.2, 0) is 9.47 Å². The number of methoxy groups -OCH3 is 1. The van der Waals surface area contributed by atoms with E-state index in [1.807, 2.05) is 0 Å². The highest BCUT2D eigenvalue weighted by molar-refractivity contribution is 5.97. The number of piperidine rings is 1. The van der Waals surface area contributed by atoms with Crippen molar-refractivity contribution in [3.8, 4) is 5.75 Å². The van der Waals surface area contributed by atoms with E-state index in [4.69, 9.17) is 14.2 Å². The van der Waals surface area contributed by atoms with Crippen LogP contribution >= 0.6 is 0 Å². The molecule has 0 radical (unpaired) electrons. The molecule has 1 aromatic rings. The number of ether oxygens (including phenoxy) is 3. The van der Waals surface area contributed by atoms with Crippen LogP contribution in [0.15, 0.2) is 18.2 Å². The lowest BCUT2D eigenvalue weighted by Gasteiger charge is -2.37. The van der Waals surface area contributed by atoms with Crippen molar-refractivity contribution >= 4 is 5.91 Å². The summed E-state index contributed by atoms with van der Waals surface area (Å²) >= 11 is 0. The molecule has 2 aliphatic heterocycles. The SMILES string of the molecule is COc1ccc(F)cc1C(=O)N1CCC2(CC1)OCCO2. The smallest absolute Gasteiger partial charge is 0.257 e. The molecule has 0 aromatic heterocycles. The van der Waals surface area contributed by atoms with Crippen LogP contribution in [0.2, 0.25) is 0 Å². The molecule has 1 aromatic carbocycles. The van der Waals surface area contributed by atoms with Crippen molar-refractivity contribution in [1.82, 2.24) is 4.90 Å². The number of rotatable bonds is 2. The van der Waals surface area contributed by atoms with Crippen LogP contribution in [0.1, 0.15) is 23.2 Å². The molecule has 2 heterocycles. The molecule has 0 saturated carbocycles. The number of amides is 1. The Balaban J connectivity index is 1.73. The standard InChI is InChI=1S/C15H18FNO4/c1-19-13-3-2-11(16)10-12(13)14(18)17-6-4-15(5-7-17)20-8-9-21-15/h2-3,10H,4-9H2,1H3. The lowest BCUT2D eigenvalue weighted by Crippen LogP contribution is -2.47. The van der Waals surface area contributed by atoms with Crippen molar-refractivity contribution in [2.24, 2.45) is 0 Å².